The number of hydrogen-bond donors (Lipinski definition) is 0. The van der Waals surface area contributed by atoms with Crippen molar-refractivity contribution in [3.05, 3.63) is 42.6 Å². The van der Waals surface area contributed by atoms with Gasteiger partial charge in [0.05, 0.1) is 5.52 Å². The Balaban J connectivity index is 1.55. The van der Waals surface area contributed by atoms with Crippen molar-refractivity contribution < 1.29 is 4.74 Å². The molecule has 2 bridgehead atoms. The molecule has 2 aliphatic carbocycles. The Morgan fingerprint density at radius 1 is 1.00 bits per heavy atom. The lowest BCUT2D eigenvalue weighted by Crippen LogP contribution is -2.39. The quantitative estimate of drug-likeness (QED) is 0.591. The van der Waals surface area contributed by atoms with Crippen LogP contribution in [0.15, 0.2) is 42.6 Å². The number of hydrogen-bond acceptors (Lipinski definition) is 3. The van der Waals surface area contributed by atoms with Crippen LogP contribution in [0.3, 0.4) is 0 Å². The van der Waals surface area contributed by atoms with Crippen molar-refractivity contribution in [1.82, 2.24) is 9.97 Å². The maximum absolute atomic E-state index is 6.47. The third kappa shape index (κ3) is 1.98. The Morgan fingerprint density at radius 2 is 1.76 bits per heavy atom. The van der Waals surface area contributed by atoms with Crippen LogP contribution in [0.4, 0.5) is 0 Å². The van der Waals surface area contributed by atoms with Crippen molar-refractivity contribution in [3.8, 4) is 5.88 Å². The minimum Gasteiger partial charge on any atom is -0.474 e. The van der Waals surface area contributed by atoms with Gasteiger partial charge < -0.3 is 4.74 Å². The number of rotatable bonds is 2. The van der Waals surface area contributed by atoms with Gasteiger partial charge in [-0.2, -0.15) is 0 Å². The van der Waals surface area contributed by atoms with E-state index in [-0.39, 0.29) is 11.5 Å². The van der Waals surface area contributed by atoms with E-state index in [1.54, 1.807) is 0 Å². The normalized spacial score (nSPS) is 30.2. The predicted molar refractivity (Wildman–Crippen MR) is 101 cm³/mol. The van der Waals surface area contributed by atoms with E-state index in [0.29, 0.717) is 5.41 Å². The zero-order valence-electron chi connectivity index (χ0n) is 15.1. The number of fused-ring (bicyclic) bond motifs is 5. The van der Waals surface area contributed by atoms with Crippen molar-refractivity contribution in [1.29, 1.82) is 0 Å². The van der Waals surface area contributed by atoms with Gasteiger partial charge >= 0.3 is 0 Å². The van der Waals surface area contributed by atoms with E-state index in [0.717, 1.165) is 40.0 Å². The Kier molecular flexibility index (Phi) is 2.99. The van der Waals surface area contributed by atoms with Gasteiger partial charge in [0, 0.05) is 28.5 Å². The Bertz CT molecular complexity index is 980. The molecule has 3 heteroatoms. The van der Waals surface area contributed by atoms with Gasteiger partial charge in [0.2, 0.25) is 5.88 Å². The molecule has 0 N–H and O–H groups in total. The monoisotopic (exact) mass is 332 g/mol. The highest BCUT2D eigenvalue weighted by Crippen LogP contribution is 2.66. The molecular weight excluding hydrogens is 308 g/mol. The van der Waals surface area contributed by atoms with Crippen molar-refractivity contribution in [2.45, 2.75) is 46.1 Å². The van der Waals surface area contributed by atoms with Crippen LogP contribution < -0.4 is 4.74 Å². The first-order valence-corrected chi connectivity index (χ1v) is 9.30. The fraction of sp³-hybridized carbons (Fsp3) is 0.455. The standard InChI is InChI=1S/C22H24N2O/c1-21(2)16-10-11-22(21,3)17(13-16)25-18-9-8-15-7-6-14-5-4-12-23-19(14)20(15)24-18/h4-9,12,16-17H,10-11,13H2,1-3H3/t16-,17?,22-/m0/s1. The van der Waals surface area contributed by atoms with Crippen LogP contribution in [0, 0.1) is 16.7 Å². The van der Waals surface area contributed by atoms with Crippen LogP contribution in [0.2, 0.25) is 0 Å². The predicted octanol–water partition coefficient (Wildman–Crippen LogP) is 5.38. The Morgan fingerprint density at radius 3 is 2.48 bits per heavy atom. The molecule has 0 aliphatic heterocycles. The molecule has 0 amide bonds. The third-order valence-electron chi connectivity index (χ3n) is 7.38. The zero-order chi connectivity index (χ0) is 17.2. The summed E-state index contributed by atoms with van der Waals surface area (Å²) in [4.78, 5) is 9.38. The van der Waals surface area contributed by atoms with E-state index in [1.165, 1.54) is 12.8 Å². The number of benzene rings is 1. The van der Waals surface area contributed by atoms with Crippen molar-refractivity contribution in [2.75, 3.05) is 0 Å². The summed E-state index contributed by atoms with van der Waals surface area (Å²) in [7, 11) is 0. The Labute approximate surface area is 148 Å². The molecule has 3 nitrogen and oxygen atoms in total. The summed E-state index contributed by atoms with van der Waals surface area (Å²) in [6, 6.07) is 12.4. The number of nitrogens with zero attached hydrogens (tertiary/aromatic N) is 2. The molecule has 0 spiro atoms. The lowest BCUT2D eigenvalue weighted by Gasteiger charge is -2.38. The van der Waals surface area contributed by atoms with Gasteiger partial charge in [0.1, 0.15) is 11.6 Å². The fourth-order valence-electron chi connectivity index (χ4n) is 5.23. The number of ether oxygens (including phenoxy) is 1. The lowest BCUT2D eigenvalue weighted by atomic mass is 9.70. The van der Waals surface area contributed by atoms with Crippen LogP contribution in [0.25, 0.3) is 21.8 Å². The third-order valence-corrected chi connectivity index (χ3v) is 7.38. The molecule has 2 saturated carbocycles. The molecule has 2 heterocycles. The summed E-state index contributed by atoms with van der Waals surface area (Å²) in [5.41, 5.74) is 2.47. The molecule has 1 aromatic carbocycles. The minimum atomic E-state index is 0.241. The van der Waals surface area contributed by atoms with Crippen LogP contribution >= 0.6 is 0 Å². The molecule has 0 radical (unpaired) electrons. The van der Waals surface area contributed by atoms with Gasteiger partial charge in [-0.25, -0.2) is 4.98 Å². The van der Waals surface area contributed by atoms with Gasteiger partial charge in [-0.05, 0) is 42.7 Å². The molecule has 128 valence electrons. The average molecular weight is 332 g/mol. The van der Waals surface area contributed by atoms with Gasteiger partial charge in [-0.1, -0.05) is 39.0 Å². The molecule has 2 fully saturated rings. The zero-order valence-corrected chi connectivity index (χ0v) is 15.1. The summed E-state index contributed by atoms with van der Waals surface area (Å²) < 4.78 is 6.47. The van der Waals surface area contributed by atoms with E-state index in [9.17, 15) is 0 Å². The summed E-state index contributed by atoms with van der Waals surface area (Å²) in [6.07, 6.45) is 5.83. The average Bonchev–Trinajstić information content (AvgIpc) is 2.95. The van der Waals surface area contributed by atoms with Gasteiger partial charge in [0.15, 0.2) is 0 Å². The van der Waals surface area contributed by atoms with Gasteiger partial charge in [-0.15, -0.1) is 0 Å². The summed E-state index contributed by atoms with van der Waals surface area (Å²) in [5.74, 6) is 1.51. The largest absolute Gasteiger partial charge is 0.474 e. The highest BCUT2D eigenvalue weighted by atomic mass is 16.5. The highest BCUT2D eigenvalue weighted by molar-refractivity contribution is 6.02. The van der Waals surface area contributed by atoms with Crippen LogP contribution in [-0.4, -0.2) is 16.1 Å². The molecule has 1 unspecified atom stereocenters. The van der Waals surface area contributed by atoms with E-state index in [1.807, 2.05) is 18.3 Å². The maximum atomic E-state index is 6.47. The van der Waals surface area contributed by atoms with E-state index in [4.69, 9.17) is 9.72 Å². The maximum Gasteiger partial charge on any atom is 0.214 e. The second-order valence-corrected chi connectivity index (χ2v) is 8.58. The first-order chi connectivity index (χ1) is 12.0. The number of pyridine rings is 2. The van der Waals surface area contributed by atoms with Gasteiger partial charge in [0.25, 0.3) is 0 Å². The highest BCUT2D eigenvalue weighted by Gasteiger charge is 2.62. The van der Waals surface area contributed by atoms with Crippen LogP contribution in [0.1, 0.15) is 40.0 Å². The van der Waals surface area contributed by atoms with E-state index >= 15 is 0 Å². The summed E-state index contributed by atoms with van der Waals surface area (Å²) >= 11 is 0. The molecule has 0 saturated heterocycles. The van der Waals surface area contributed by atoms with Crippen molar-refractivity contribution >= 4 is 21.8 Å². The Hall–Kier alpha value is -2.16. The summed E-state index contributed by atoms with van der Waals surface area (Å²) in [5, 5.41) is 2.23. The van der Waals surface area contributed by atoms with Gasteiger partial charge in [-0.3, -0.25) is 4.98 Å². The first-order valence-electron chi connectivity index (χ1n) is 9.30. The SMILES string of the molecule is CC1(C)[C@H]2CC[C@@]1(C)C(Oc1ccc3ccc4cccnc4c3n1)C2. The number of aromatic nitrogens is 2. The summed E-state index contributed by atoms with van der Waals surface area (Å²) in [6.45, 7) is 7.24. The second-order valence-electron chi connectivity index (χ2n) is 8.58. The van der Waals surface area contributed by atoms with E-state index < -0.39 is 0 Å². The minimum absolute atomic E-state index is 0.241. The first kappa shape index (κ1) is 15.1. The van der Waals surface area contributed by atoms with Crippen LogP contribution in [-0.2, 0) is 0 Å². The fourth-order valence-corrected chi connectivity index (χ4v) is 5.23. The molecule has 5 rings (SSSR count). The van der Waals surface area contributed by atoms with Crippen molar-refractivity contribution in [3.63, 3.8) is 0 Å². The van der Waals surface area contributed by atoms with Crippen LogP contribution in [0.5, 0.6) is 5.88 Å². The molecule has 3 aromatic rings. The molecule has 3 atom stereocenters. The molecule has 2 aliphatic rings. The second kappa shape index (κ2) is 4.94. The molecule has 25 heavy (non-hydrogen) atoms. The topological polar surface area (TPSA) is 35.0 Å². The van der Waals surface area contributed by atoms with E-state index in [2.05, 4.69) is 50.0 Å². The van der Waals surface area contributed by atoms with Crippen molar-refractivity contribution in [2.24, 2.45) is 16.7 Å². The molecule has 2 aromatic heterocycles. The lowest BCUT2D eigenvalue weighted by molar-refractivity contribution is 0.0275. The molecular formula is C22H24N2O. The smallest absolute Gasteiger partial charge is 0.214 e.